The Morgan fingerprint density at radius 2 is 0.522 bits per heavy atom. The number of hydrogen-bond donors (Lipinski definition) is 3. The Morgan fingerprint density at radius 1 is 0.304 bits per heavy atom. The predicted molar refractivity (Wildman–Crippen MR) is 372 cm³/mol. The molecule has 0 aliphatic heterocycles. The van der Waals surface area contributed by atoms with Crippen molar-refractivity contribution in [3.05, 3.63) is 0 Å². The molecule has 0 radical (unpaired) electrons. The van der Waals surface area contributed by atoms with E-state index in [1.54, 1.807) is 0 Å². The molecule has 0 aromatic rings. The second kappa shape index (κ2) is 66.3. The number of carbonyl (C=O) groups excluding carboxylic acids is 4. The molecule has 0 fully saturated rings. The van der Waals surface area contributed by atoms with E-state index in [1.165, 1.54) is 199 Å². The van der Waals surface area contributed by atoms with E-state index in [0.29, 0.717) is 25.7 Å². The van der Waals surface area contributed by atoms with E-state index in [4.69, 9.17) is 37.0 Å². The zero-order valence-corrected chi connectivity index (χ0v) is 61.5. The summed E-state index contributed by atoms with van der Waals surface area (Å²) < 4.78 is 68.2. The molecule has 0 saturated carbocycles. The summed E-state index contributed by atoms with van der Waals surface area (Å²) in [6.45, 7) is 7.17. The summed E-state index contributed by atoms with van der Waals surface area (Å²) in [5, 5.41) is 10.6. The minimum absolute atomic E-state index is 0.104. The molecule has 3 unspecified atom stereocenters. The van der Waals surface area contributed by atoms with Gasteiger partial charge in [0.1, 0.15) is 19.3 Å². The van der Waals surface area contributed by atoms with Crippen molar-refractivity contribution >= 4 is 39.5 Å². The summed E-state index contributed by atoms with van der Waals surface area (Å²) in [7, 11) is -9.89. The van der Waals surface area contributed by atoms with Gasteiger partial charge < -0.3 is 33.8 Å². The lowest BCUT2D eigenvalue weighted by Gasteiger charge is -2.21. The molecule has 17 nitrogen and oxygen atoms in total. The molecule has 0 aromatic heterocycles. The van der Waals surface area contributed by atoms with E-state index in [0.717, 1.165) is 102 Å². The number of carbonyl (C=O) groups is 4. The smallest absolute Gasteiger partial charge is 0.462 e. The van der Waals surface area contributed by atoms with Crippen LogP contribution < -0.4 is 0 Å². The highest BCUT2D eigenvalue weighted by atomic mass is 31.2. The molecule has 3 N–H and O–H groups in total. The molecule has 0 bridgehead atoms. The fourth-order valence-corrected chi connectivity index (χ4v) is 12.7. The molecule has 92 heavy (non-hydrogen) atoms. The van der Waals surface area contributed by atoms with Gasteiger partial charge in [0.2, 0.25) is 0 Å². The molecule has 0 aliphatic rings. The standard InChI is InChI=1S/C73H142O17P2/c1-6-10-13-16-18-20-22-24-26-27-28-29-30-31-32-34-36-38-43-48-53-58-72(77)90-69(63-84-71(76)57-52-47-42-37-35-33-25-23-21-19-17-14-11-7-2)65-88-92(81,82)86-61-67(74)60-85-91(79,80)87-64-68(62-83-70(75)56-51-45-15-12-8-3)89-73(78)59-54-49-44-40-39-41-46-50-55-66(5)9-4/h66-69,74H,6-65H2,1-5H3,(H,79,80)(H,81,82)/t66?,67-,68+,69+/m0/s1. The van der Waals surface area contributed by atoms with E-state index in [2.05, 4.69) is 34.6 Å². The second-order valence-electron chi connectivity index (χ2n) is 26.6. The van der Waals surface area contributed by atoms with Crippen molar-refractivity contribution in [1.29, 1.82) is 0 Å². The highest BCUT2D eigenvalue weighted by Crippen LogP contribution is 2.45. The average Bonchev–Trinajstić information content (AvgIpc) is 1.89. The van der Waals surface area contributed by atoms with Gasteiger partial charge in [-0.1, -0.05) is 330 Å². The monoisotopic (exact) mass is 1350 g/mol. The SMILES string of the molecule is CCCCCCCCCCCCCCCCCCCCCCCC(=O)O[C@H](COC(=O)CCCCCCCCCCCCCCCC)COP(=O)(O)OC[C@@H](O)COP(=O)(O)OC[C@@H](COC(=O)CCCCCCC)OC(=O)CCCCCCCCCCC(C)CC. The number of aliphatic hydroxyl groups excluding tert-OH is 1. The van der Waals surface area contributed by atoms with Crippen molar-refractivity contribution in [2.24, 2.45) is 5.92 Å². The highest BCUT2D eigenvalue weighted by Gasteiger charge is 2.30. The zero-order valence-electron chi connectivity index (χ0n) is 59.7. The van der Waals surface area contributed by atoms with Crippen molar-refractivity contribution in [3.8, 4) is 0 Å². The summed E-state index contributed by atoms with van der Waals surface area (Å²) in [6.07, 6.45) is 54.6. The van der Waals surface area contributed by atoms with Crippen LogP contribution in [0.3, 0.4) is 0 Å². The summed E-state index contributed by atoms with van der Waals surface area (Å²) in [5.74, 6) is -1.36. The minimum Gasteiger partial charge on any atom is -0.462 e. The third kappa shape index (κ3) is 65.4. The van der Waals surface area contributed by atoms with Crippen LogP contribution in [-0.4, -0.2) is 96.7 Å². The third-order valence-corrected chi connectivity index (χ3v) is 19.3. The van der Waals surface area contributed by atoms with Gasteiger partial charge in [-0.05, 0) is 31.6 Å². The predicted octanol–water partition coefficient (Wildman–Crippen LogP) is 21.3. The first-order valence-electron chi connectivity index (χ1n) is 38.2. The Labute approximate surface area is 562 Å². The fourth-order valence-electron chi connectivity index (χ4n) is 11.1. The molecule has 6 atom stereocenters. The third-order valence-electron chi connectivity index (χ3n) is 17.4. The van der Waals surface area contributed by atoms with Crippen molar-refractivity contribution in [3.63, 3.8) is 0 Å². The molecule has 0 aromatic carbocycles. The second-order valence-corrected chi connectivity index (χ2v) is 29.5. The van der Waals surface area contributed by atoms with Gasteiger partial charge in [-0.2, -0.15) is 0 Å². The maximum atomic E-state index is 13.1. The molecule has 19 heteroatoms. The number of rotatable bonds is 73. The van der Waals surface area contributed by atoms with Crippen LogP contribution in [0.25, 0.3) is 0 Å². The van der Waals surface area contributed by atoms with Crippen LogP contribution in [0.1, 0.15) is 381 Å². The lowest BCUT2D eigenvalue weighted by Crippen LogP contribution is -2.30. The molecule has 0 spiro atoms. The molecule has 0 saturated heterocycles. The number of phosphoric ester groups is 2. The van der Waals surface area contributed by atoms with Gasteiger partial charge in [0, 0.05) is 25.7 Å². The highest BCUT2D eigenvalue weighted by molar-refractivity contribution is 7.47. The summed E-state index contributed by atoms with van der Waals surface area (Å²) in [5.41, 5.74) is 0. The first-order chi connectivity index (χ1) is 44.6. The van der Waals surface area contributed by atoms with Crippen molar-refractivity contribution in [2.75, 3.05) is 39.6 Å². The van der Waals surface area contributed by atoms with Crippen LogP contribution in [0.4, 0.5) is 0 Å². The molecule has 0 amide bonds. The molecule has 0 rings (SSSR count). The van der Waals surface area contributed by atoms with Crippen LogP contribution in [0.2, 0.25) is 0 Å². The normalized spacial score (nSPS) is 14.3. The molecule has 0 aliphatic carbocycles. The van der Waals surface area contributed by atoms with Crippen LogP contribution in [-0.2, 0) is 65.4 Å². The maximum absolute atomic E-state index is 13.1. The van der Waals surface area contributed by atoms with Gasteiger partial charge in [-0.15, -0.1) is 0 Å². The topological polar surface area (TPSA) is 237 Å². The first kappa shape index (κ1) is 90.1. The van der Waals surface area contributed by atoms with Crippen molar-refractivity contribution in [2.45, 2.75) is 400 Å². The Kier molecular flexibility index (Phi) is 64.9. The van der Waals surface area contributed by atoms with E-state index < -0.39 is 97.5 Å². The number of hydrogen-bond acceptors (Lipinski definition) is 15. The van der Waals surface area contributed by atoms with Gasteiger partial charge >= 0.3 is 39.5 Å². The number of ether oxygens (including phenoxy) is 4. The number of aliphatic hydroxyl groups is 1. The van der Waals surface area contributed by atoms with Gasteiger partial charge in [0.15, 0.2) is 12.2 Å². The molecular weight excluding hydrogens is 1210 g/mol. The summed E-state index contributed by atoms with van der Waals surface area (Å²) in [6, 6.07) is 0. The largest absolute Gasteiger partial charge is 0.472 e. The van der Waals surface area contributed by atoms with Crippen LogP contribution in [0.5, 0.6) is 0 Å². The Bertz CT molecular complexity index is 1770. The van der Waals surface area contributed by atoms with E-state index in [9.17, 15) is 43.2 Å². The van der Waals surface area contributed by atoms with Gasteiger partial charge in [-0.25, -0.2) is 9.13 Å². The molecule has 0 heterocycles. The summed E-state index contributed by atoms with van der Waals surface area (Å²) in [4.78, 5) is 72.4. The van der Waals surface area contributed by atoms with E-state index in [1.807, 2.05) is 0 Å². The molecule has 546 valence electrons. The number of esters is 4. The Hall–Kier alpha value is -1.94. The number of phosphoric acid groups is 2. The van der Waals surface area contributed by atoms with Crippen LogP contribution >= 0.6 is 15.6 Å². The van der Waals surface area contributed by atoms with Crippen LogP contribution in [0.15, 0.2) is 0 Å². The number of unbranched alkanes of at least 4 members (excludes halogenated alkanes) is 44. The maximum Gasteiger partial charge on any atom is 0.472 e. The van der Waals surface area contributed by atoms with Crippen molar-refractivity contribution < 1.29 is 80.2 Å². The lowest BCUT2D eigenvalue weighted by molar-refractivity contribution is -0.161. The summed E-state index contributed by atoms with van der Waals surface area (Å²) >= 11 is 0. The molecular formula is C73H142O17P2. The average molecular weight is 1350 g/mol. The van der Waals surface area contributed by atoms with Crippen molar-refractivity contribution in [1.82, 2.24) is 0 Å². The Balaban J connectivity index is 5.12. The van der Waals surface area contributed by atoms with Gasteiger partial charge in [0.25, 0.3) is 0 Å². The van der Waals surface area contributed by atoms with Crippen LogP contribution in [0, 0.1) is 5.92 Å². The first-order valence-corrected chi connectivity index (χ1v) is 41.2. The van der Waals surface area contributed by atoms with Gasteiger partial charge in [0.05, 0.1) is 26.4 Å². The zero-order chi connectivity index (χ0) is 67.7. The quantitative estimate of drug-likeness (QED) is 0.0222. The van der Waals surface area contributed by atoms with E-state index >= 15 is 0 Å². The Morgan fingerprint density at radius 3 is 0.772 bits per heavy atom. The fraction of sp³-hybridized carbons (Fsp3) is 0.945. The lowest BCUT2D eigenvalue weighted by atomic mass is 9.99. The van der Waals surface area contributed by atoms with Gasteiger partial charge in [-0.3, -0.25) is 37.3 Å². The van der Waals surface area contributed by atoms with E-state index in [-0.39, 0.29) is 25.7 Å². The minimum atomic E-state index is -4.95.